The number of para-hydroxylation sites is 1. The molecule has 0 bridgehead atoms. The molecule has 1 aromatic carbocycles. The molecule has 0 spiro atoms. The molecule has 2 nitrogen and oxygen atoms in total. The normalized spacial score (nSPS) is 19.6. The van der Waals surface area contributed by atoms with Crippen molar-refractivity contribution in [1.82, 2.24) is 0 Å². The molecule has 1 aromatic rings. The Morgan fingerprint density at radius 3 is 2.14 bits per heavy atom. The van der Waals surface area contributed by atoms with Gasteiger partial charge in [-0.3, -0.25) is 0 Å². The van der Waals surface area contributed by atoms with E-state index in [2.05, 4.69) is 0 Å². The van der Waals surface area contributed by atoms with Gasteiger partial charge in [0.05, 0.1) is 6.10 Å². The van der Waals surface area contributed by atoms with Gasteiger partial charge in [-0.05, 0) is 31.4 Å². The molecule has 1 unspecified atom stereocenters. The third-order valence-corrected chi connectivity index (χ3v) is 1.99. The molecule has 2 N–H and O–H groups in total. The summed E-state index contributed by atoms with van der Waals surface area (Å²) in [6.07, 6.45) is 7.01. The van der Waals surface area contributed by atoms with Crippen molar-refractivity contribution < 1.29 is 10.2 Å². The molecule has 0 fully saturated rings. The Labute approximate surface area is 84.5 Å². The average molecular weight is 192 g/mol. The molecule has 1 aliphatic rings. The maximum Gasteiger partial charge on any atom is 0.115 e. The number of phenols is 1. The molecule has 0 saturated carbocycles. The van der Waals surface area contributed by atoms with Gasteiger partial charge in [0.2, 0.25) is 0 Å². The van der Waals surface area contributed by atoms with Crippen LogP contribution in [0.4, 0.5) is 0 Å². The minimum atomic E-state index is -0.145. The van der Waals surface area contributed by atoms with Gasteiger partial charge in [0.15, 0.2) is 0 Å². The maximum atomic E-state index is 8.82. The Morgan fingerprint density at radius 2 is 1.86 bits per heavy atom. The lowest BCUT2D eigenvalue weighted by Crippen LogP contribution is -2.04. The number of aliphatic hydroxyl groups is 1. The van der Waals surface area contributed by atoms with Crippen LogP contribution in [0.1, 0.15) is 19.3 Å². The molecule has 0 radical (unpaired) electrons. The van der Waals surface area contributed by atoms with E-state index in [4.69, 9.17) is 10.2 Å². The van der Waals surface area contributed by atoms with E-state index >= 15 is 0 Å². The smallest absolute Gasteiger partial charge is 0.115 e. The molecular weight excluding hydrogens is 176 g/mol. The van der Waals surface area contributed by atoms with Gasteiger partial charge in [0.1, 0.15) is 5.75 Å². The highest BCUT2D eigenvalue weighted by Crippen LogP contribution is 2.08. The fourth-order valence-corrected chi connectivity index (χ4v) is 1.22. The van der Waals surface area contributed by atoms with Crippen LogP contribution in [0.5, 0.6) is 5.75 Å². The van der Waals surface area contributed by atoms with E-state index in [1.807, 2.05) is 18.2 Å². The van der Waals surface area contributed by atoms with Gasteiger partial charge in [0.25, 0.3) is 0 Å². The molecule has 76 valence electrons. The quantitative estimate of drug-likeness (QED) is 0.620. The first-order chi connectivity index (χ1) is 6.79. The minimum Gasteiger partial charge on any atom is -0.508 e. The molecule has 0 aromatic heterocycles. The fraction of sp³-hybridized carbons (Fsp3) is 0.333. The van der Waals surface area contributed by atoms with Crippen LogP contribution < -0.4 is 0 Å². The zero-order valence-corrected chi connectivity index (χ0v) is 8.13. The predicted octanol–water partition coefficient (Wildman–Crippen LogP) is 2.48. The molecule has 2 heteroatoms. The largest absolute Gasteiger partial charge is 0.508 e. The van der Waals surface area contributed by atoms with Crippen LogP contribution in [0.15, 0.2) is 42.5 Å². The lowest BCUT2D eigenvalue weighted by Gasteiger charge is -2.07. The maximum absolute atomic E-state index is 8.82. The van der Waals surface area contributed by atoms with E-state index in [0.717, 1.165) is 19.3 Å². The number of benzene rings is 1. The van der Waals surface area contributed by atoms with E-state index < -0.39 is 0 Å². The van der Waals surface area contributed by atoms with Crippen LogP contribution in [0.2, 0.25) is 0 Å². The highest BCUT2D eigenvalue weighted by Gasteiger charge is 2.00. The van der Waals surface area contributed by atoms with Gasteiger partial charge in [0, 0.05) is 0 Å². The number of hydrogen-bond donors (Lipinski definition) is 2. The topological polar surface area (TPSA) is 40.5 Å². The minimum absolute atomic E-state index is 0.145. The van der Waals surface area contributed by atoms with Crippen LogP contribution in [0.3, 0.4) is 0 Å². The standard InChI is InChI=1S/C6H10O.C6H6O/c2*7-6-4-2-1-3-5-6/h2,4,6-7H,1,3,5H2;1-5,7H. The number of phenolic OH excluding ortho intramolecular Hbond substituents is 1. The van der Waals surface area contributed by atoms with Crippen LogP contribution in [0, 0.1) is 0 Å². The van der Waals surface area contributed by atoms with Gasteiger partial charge in [-0.25, -0.2) is 0 Å². The van der Waals surface area contributed by atoms with Gasteiger partial charge in [-0.2, -0.15) is 0 Å². The lowest BCUT2D eigenvalue weighted by molar-refractivity contribution is 0.204. The van der Waals surface area contributed by atoms with Gasteiger partial charge in [-0.1, -0.05) is 30.4 Å². The summed E-state index contributed by atoms with van der Waals surface area (Å²) in [6, 6.07) is 8.71. The van der Waals surface area contributed by atoms with Gasteiger partial charge >= 0.3 is 0 Å². The van der Waals surface area contributed by atoms with Crippen LogP contribution >= 0.6 is 0 Å². The Bertz CT molecular complexity index is 267. The van der Waals surface area contributed by atoms with Crippen molar-refractivity contribution >= 4 is 0 Å². The second kappa shape index (κ2) is 6.22. The van der Waals surface area contributed by atoms with Crippen molar-refractivity contribution in [3.63, 3.8) is 0 Å². The van der Waals surface area contributed by atoms with Crippen molar-refractivity contribution in [3.8, 4) is 5.75 Å². The number of aliphatic hydroxyl groups excluding tert-OH is 1. The number of aromatic hydroxyl groups is 1. The highest BCUT2D eigenvalue weighted by molar-refractivity contribution is 5.18. The van der Waals surface area contributed by atoms with Crippen molar-refractivity contribution in [2.75, 3.05) is 0 Å². The Morgan fingerprint density at radius 1 is 1.14 bits per heavy atom. The van der Waals surface area contributed by atoms with E-state index in [-0.39, 0.29) is 6.10 Å². The van der Waals surface area contributed by atoms with Crippen LogP contribution in [-0.4, -0.2) is 16.3 Å². The van der Waals surface area contributed by atoms with E-state index in [1.54, 1.807) is 24.3 Å². The molecular formula is C12H16O2. The molecule has 0 aliphatic heterocycles. The van der Waals surface area contributed by atoms with Crippen LogP contribution in [0.25, 0.3) is 0 Å². The fourth-order valence-electron chi connectivity index (χ4n) is 1.22. The molecule has 2 rings (SSSR count). The van der Waals surface area contributed by atoms with E-state index in [0.29, 0.717) is 5.75 Å². The molecule has 1 aliphatic carbocycles. The van der Waals surface area contributed by atoms with Crippen molar-refractivity contribution in [2.45, 2.75) is 25.4 Å². The van der Waals surface area contributed by atoms with Crippen molar-refractivity contribution in [2.24, 2.45) is 0 Å². The van der Waals surface area contributed by atoms with E-state index in [9.17, 15) is 0 Å². The molecule has 1 atom stereocenters. The summed E-state index contributed by atoms with van der Waals surface area (Å²) in [5, 5.41) is 17.5. The van der Waals surface area contributed by atoms with Crippen LogP contribution in [-0.2, 0) is 0 Å². The molecule has 14 heavy (non-hydrogen) atoms. The second-order valence-corrected chi connectivity index (χ2v) is 3.26. The summed E-state index contributed by atoms with van der Waals surface area (Å²) < 4.78 is 0. The highest BCUT2D eigenvalue weighted by atomic mass is 16.3. The zero-order chi connectivity index (χ0) is 10.2. The summed E-state index contributed by atoms with van der Waals surface area (Å²) >= 11 is 0. The molecule has 0 saturated heterocycles. The zero-order valence-electron chi connectivity index (χ0n) is 8.13. The summed E-state index contributed by atoms with van der Waals surface area (Å²) in [7, 11) is 0. The van der Waals surface area contributed by atoms with Crippen molar-refractivity contribution in [3.05, 3.63) is 42.5 Å². The lowest BCUT2D eigenvalue weighted by atomic mass is 10.1. The summed E-state index contributed by atoms with van der Waals surface area (Å²) in [5.41, 5.74) is 0. The SMILES string of the molecule is OC1C=CCCC1.Oc1ccccc1. The molecule has 0 heterocycles. The van der Waals surface area contributed by atoms with Crippen molar-refractivity contribution in [1.29, 1.82) is 0 Å². The number of allylic oxidation sites excluding steroid dienone is 1. The molecule has 0 amide bonds. The number of rotatable bonds is 0. The summed E-state index contributed by atoms with van der Waals surface area (Å²) in [5.74, 6) is 0.322. The van der Waals surface area contributed by atoms with Gasteiger partial charge < -0.3 is 10.2 Å². The average Bonchev–Trinajstić information content (AvgIpc) is 2.21. The van der Waals surface area contributed by atoms with Gasteiger partial charge in [-0.15, -0.1) is 0 Å². The second-order valence-electron chi connectivity index (χ2n) is 3.26. The summed E-state index contributed by atoms with van der Waals surface area (Å²) in [6.45, 7) is 0. The first kappa shape index (κ1) is 10.8. The van der Waals surface area contributed by atoms with E-state index in [1.165, 1.54) is 0 Å². The Kier molecular flexibility index (Phi) is 4.79. The summed E-state index contributed by atoms with van der Waals surface area (Å²) in [4.78, 5) is 0. The first-order valence-electron chi connectivity index (χ1n) is 4.88. The third-order valence-electron chi connectivity index (χ3n) is 1.99. The Balaban J connectivity index is 0.000000140. The predicted molar refractivity (Wildman–Crippen MR) is 57.1 cm³/mol. The Hall–Kier alpha value is -1.28. The third kappa shape index (κ3) is 4.67. The monoisotopic (exact) mass is 192 g/mol. The first-order valence-corrected chi connectivity index (χ1v) is 4.88. The number of hydrogen-bond acceptors (Lipinski definition) is 2.